The van der Waals surface area contributed by atoms with Gasteiger partial charge < -0.3 is 10.4 Å². The number of aliphatic hydroxyl groups is 1. The van der Waals surface area contributed by atoms with Crippen LogP contribution in [0.4, 0.5) is 5.69 Å². The smallest absolute Gasteiger partial charge is 0.272 e. The van der Waals surface area contributed by atoms with Crippen molar-refractivity contribution in [2.24, 2.45) is 5.92 Å². The average molecular weight is 318 g/mol. The fourth-order valence-electron chi connectivity index (χ4n) is 3.08. The molecule has 1 heterocycles. The zero-order valence-electron chi connectivity index (χ0n) is 12.5. The van der Waals surface area contributed by atoms with E-state index in [1.807, 2.05) is 0 Å². The summed E-state index contributed by atoms with van der Waals surface area (Å²) in [5.41, 5.74) is 0.554. The number of fused-ring (bicyclic) bond motifs is 1. The number of aromatic nitrogens is 2. The molecule has 1 atom stereocenters. The van der Waals surface area contributed by atoms with Crippen LogP contribution in [0.1, 0.15) is 36.2 Å². The minimum Gasteiger partial charge on any atom is -0.391 e. The molecule has 3 rings (SSSR count). The minimum absolute atomic E-state index is 0.0982. The lowest BCUT2D eigenvalue weighted by atomic mass is 10.0. The van der Waals surface area contributed by atoms with Crippen molar-refractivity contribution in [3.05, 3.63) is 34.0 Å². The first-order chi connectivity index (χ1) is 11.1. The van der Waals surface area contributed by atoms with Gasteiger partial charge in [-0.25, -0.2) is 0 Å². The van der Waals surface area contributed by atoms with E-state index in [-0.39, 0.29) is 23.8 Å². The van der Waals surface area contributed by atoms with Gasteiger partial charge in [-0.1, -0.05) is 12.8 Å². The molecule has 1 aliphatic rings. The second-order valence-corrected chi connectivity index (χ2v) is 5.88. The largest absolute Gasteiger partial charge is 0.391 e. The Balaban J connectivity index is 1.72. The number of amides is 1. The van der Waals surface area contributed by atoms with Gasteiger partial charge in [-0.15, -0.1) is 0 Å². The maximum atomic E-state index is 12.2. The first-order valence-electron chi connectivity index (χ1n) is 7.65. The zero-order valence-corrected chi connectivity index (χ0v) is 12.5. The Kier molecular flexibility index (Phi) is 4.24. The van der Waals surface area contributed by atoms with Gasteiger partial charge in [-0.3, -0.25) is 20.0 Å². The molecule has 0 radical (unpaired) electrons. The van der Waals surface area contributed by atoms with Crippen molar-refractivity contribution >= 4 is 22.5 Å². The predicted molar refractivity (Wildman–Crippen MR) is 83.0 cm³/mol. The highest BCUT2D eigenvalue weighted by atomic mass is 16.6. The first-order valence-corrected chi connectivity index (χ1v) is 7.65. The lowest BCUT2D eigenvalue weighted by molar-refractivity contribution is -0.384. The highest BCUT2D eigenvalue weighted by Gasteiger charge is 2.24. The topological polar surface area (TPSA) is 121 Å². The van der Waals surface area contributed by atoms with E-state index in [1.165, 1.54) is 18.2 Å². The SMILES string of the molecule is O=C(NCC(O)C1CCCC1)c1n[nH]c2ccc([N+](=O)[O-])cc12. The number of rotatable bonds is 5. The monoisotopic (exact) mass is 318 g/mol. The molecule has 0 bridgehead atoms. The summed E-state index contributed by atoms with van der Waals surface area (Å²) in [5, 5.41) is 30.6. The van der Waals surface area contributed by atoms with Gasteiger partial charge in [0.2, 0.25) is 0 Å². The number of benzene rings is 1. The molecule has 1 unspecified atom stereocenters. The lowest BCUT2D eigenvalue weighted by Gasteiger charge is -2.17. The summed E-state index contributed by atoms with van der Waals surface area (Å²) >= 11 is 0. The van der Waals surface area contributed by atoms with Crippen LogP contribution in [-0.2, 0) is 0 Å². The van der Waals surface area contributed by atoms with Crippen LogP contribution in [0.3, 0.4) is 0 Å². The lowest BCUT2D eigenvalue weighted by Crippen LogP contribution is -2.35. The Morgan fingerprint density at radius 2 is 2.22 bits per heavy atom. The van der Waals surface area contributed by atoms with Crippen LogP contribution < -0.4 is 5.32 Å². The van der Waals surface area contributed by atoms with E-state index < -0.39 is 16.9 Å². The van der Waals surface area contributed by atoms with Gasteiger partial charge in [0.05, 0.1) is 16.5 Å². The second-order valence-electron chi connectivity index (χ2n) is 5.88. The van der Waals surface area contributed by atoms with Gasteiger partial charge in [0.25, 0.3) is 11.6 Å². The molecule has 1 fully saturated rings. The van der Waals surface area contributed by atoms with Crippen LogP contribution in [0.5, 0.6) is 0 Å². The number of nitrogens with zero attached hydrogens (tertiary/aromatic N) is 2. The summed E-state index contributed by atoms with van der Waals surface area (Å²) in [5.74, 6) is -0.221. The van der Waals surface area contributed by atoms with Crippen LogP contribution in [0, 0.1) is 16.0 Å². The maximum Gasteiger partial charge on any atom is 0.272 e. The number of aliphatic hydroxyl groups excluding tert-OH is 1. The molecule has 1 aromatic heterocycles. The number of nitrogens with one attached hydrogen (secondary N) is 2. The quantitative estimate of drug-likeness (QED) is 0.573. The Bertz CT molecular complexity index is 736. The number of non-ortho nitro benzene ring substituents is 1. The fourth-order valence-corrected chi connectivity index (χ4v) is 3.08. The average Bonchev–Trinajstić information content (AvgIpc) is 3.20. The Morgan fingerprint density at radius 3 is 2.91 bits per heavy atom. The van der Waals surface area contributed by atoms with E-state index >= 15 is 0 Å². The molecule has 0 spiro atoms. The summed E-state index contributed by atoms with van der Waals surface area (Å²) < 4.78 is 0. The van der Waals surface area contributed by atoms with Crippen molar-refractivity contribution in [1.82, 2.24) is 15.5 Å². The van der Waals surface area contributed by atoms with Crippen molar-refractivity contribution in [1.29, 1.82) is 0 Å². The highest BCUT2D eigenvalue weighted by molar-refractivity contribution is 6.05. The standard InChI is InChI=1S/C15H18N4O4/c20-13(9-3-1-2-4-9)8-16-15(21)14-11-7-10(19(22)23)5-6-12(11)17-18-14/h5-7,9,13,20H,1-4,8H2,(H,16,21)(H,17,18). The summed E-state index contributed by atoms with van der Waals surface area (Å²) in [4.78, 5) is 22.6. The van der Waals surface area contributed by atoms with Gasteiger partial charge in [0.1, 0.15) is 0 Å². The molecular weight excluding hydrogens is 300 g/mol. The van der Waals surface area contributed by atoms with Crippen LogP contribution >= 0.6 is 0 Å². The summed E-state index contributed by atoms with van der Waals surface area (Å²) in [6.07, 6.45) is 3.62. The Labute approximate surface area is 132 Å². The van der Waals surface area contributed by atoms with Gasteiger partial charge in [-0.05, 0) is 24.8 Å². The van der Waals surface area contributed by atoms with Crippen molar-refractivity contribution in [2.45, 2.75) is 31.8 Å². The van der Waals surface area contributed by atoms with E-state index in [9.17, 15) is 20.0 Å². The molecule has 8 nitrogen and oxygen atoms in total. The molecule has 1 aliphatic carbocycles. The molecule has 2 aromatic rings. The molecule has 8 heteroatoms. The third kappa shape index (κ3) is 3.16. The number of nitro benzene ring substituents is 1. The van der Waals surface area contributed by atoms with Crippen molar-refractivity contribution in [3.8, 4) is 0 Å². The molecule has 23 heavy (non-hydrogen) atoms. The Morgan fingerprint density at radius 1 is 1.48 bits per heavy atom. The predicted octanol–water partition coefficient (Wildman–Crippen LogP) is 1.75. The van der Waals surface area contributed by atoms with E-state index in [0.29, 0.717) is 10.9 Å². The van der Waals surface area contributed by atoms with Crippen molar-refractivity contribution in [2.75, 3.05) is 6.54 Å². The van der Waals surface area contributed by atoms with Gasteiger partial charge in [0.15, 0.2) is 5.69 Å². The molecule has 3 N–H and O–H groups in total. The second kappa shape index (κ2) is 6.33. The van der Waals surface area contributed by atoms with Crippen molar-refractivity contribution in [3.63, 3.8) is 0 Å². The van der Waals surface area contributed by atoms with Crippen LogP contribution in [0.15, 0.2) is 18.2 Å². The van der Waals surface area contributed by atoms with Crippen LogP contribution in [0.2, 0.25) is 0 Å². The van der Waals surface area contributed by atoms with Gasteiger partial charge >= 0.3 is 0 Å². The highest BCUT2D eigenvalue weighted by Crippen LogP contribution is 2.27. The zero-order chi connectivity index (χ0) is 16.4. The molecule has 1 saturated carbocycles. The number of carbonyl (C=O) groups excluding carboxylic acids is 1. The molecule has 122 valence electrons. The number of hydrogen-bond donors (Lipinski definition) is 3. The van der Waals surface area contributed by atoms with E-state index in [0.717, 1.165) is 25.7 Å². The summed E-state index contributed by atoms with van der Waals surface area (Å²) in [7, 11) is 0. The van der Waals surface area contributed by atoms with Crippen LogP contribution in [0.25, 0.3) is 10.9 Å². The first kappa shape index (κ1) is 15.4. The summed E-state index contributed by atoms with van der Waals surface area (Å²) in [6, 6.07) is 4.19. The molecule has 1 aromatic carbocycles. The van der Waals surface area contributed by atoms with Gasteiger partial charge in [-0.2, -0.15) is 5.10 Å². The Hall–Kier alpha value is -2.48. The molecule has 1 amide bonds. The van der Waals surface area contributed by atoms with Crippen LogP contribution in [-0.4, -0.2) is 38.8 Å². The van der Waals surface area contributed by atoms with E-state index in [2.05, 4.69) is 15.5 Å². The number of H-pyrrole nitrogens is 1. The third-order valence-corrected chi connectivity index (χ3v) is 4.39. The number of aromatic amines is 1. The van der Waals surface area contributed by atoms with Crippen molar-refractivity contribution < 1.29 is 14.8 Å². The van der Waals surface area contributed by atoms with E-state index in [1.54, 1.807) is 0 Å². The number of hydrogen-bond acceptors (Lipinski definition) is 5. The van der Waals surface area contributed by atoms with Gasteiger partial charge in [0, 0.05) is 24.1 Å². The minimum atomic E-state index is -0.569. The number of nitro groups is 1. The number of carbonyl (C=O) groups is 1. The maximum absolute atomic E-state index is 12.2. The molecular formula is C15H18N4O4. The normalized spacial score (nSPS) is 16.6. The third-order valence-electron chi connectivity index (χ3n) is 4.39. The molecule has 0 aliphatic heterocycles. The molecule has 0 saturated heterocycles. The van der Waals surface area contributed by atoms with E-state index in [4.69, 9.17) is 0 Å². The summed E-state index contributed by atoms with van der Waals surface area (Å²) in [6.45, 7) is 0.160. The fraction of sp³-hybridized carbons (Fsp3) is 0.467.